The molecule has 0 radical (unpaired) electrons. The Morgan fingerprint density at radius 1 is 1.86 bits per heavy atom. The lowest BCUT2D eigenvalue weighted by Crippen LogP contribution is -2.42. The first kappa shape index (κ1) is 10.9. The van der Waals surface area contributed by atoms with E-state index >= 15 is 0 Å². The Bertz CT molecular complexity index is 297. The Kier molecular flexibility index (Phi) is 3.42. The van der Waals surface area contributed by atoms with E-state index in [2.05, 4.69) is 18.5 Å². The molecule has 2 atom stereocenters. The van der Waals surface area contributed by atoms with E-state index in [1.165, 1.54) is 4.90 Å². The summed E-state index contributed by atoms with van der Waals surface area (Å²) in [4.78, 5) is 23.5. The standard InChI is InChI=1S/C9H11NO3S/c1-2-3-7(9(12)13)10-5-6(14)4-8(10)11/h1,6-7,14H,3-5H2,(H,12,13)/t6?,7-/m0/s1. The van der Waals surface area contributed by atoms with E-state index in [4.69, 9.17) is 11.5 Å². The first-order valence-electron chi connectivity index (χ1n) is 4.20. The lowest BCUT2D eigenvalue weighted by molar-refractivity contribution is -0.148. The number of terminal acetylenes is 1. The van der Waals surface area contributed by atoms with Crippen LogP contribution in [0.1, 0.15) is 12.8 Å². The monoisotopic (exact) mass is 213 g/mol. The summed E-state index contributed by atoms with van der Waals surface area (Å²) in [6.45, 7) is 0.362. The van der Waals surface area contributed by atoms with Crippen LogP contribution < -0.4 is 0 Å². The molecule has 0 spiro atoms. The van der Waals surface area contributed by atoms with Crippen molar-refractivity contribution in [3.63, 3.8) is 0 Å². The molecule has 0 aromatic carbocycles. The van der Waals surface area contributed by atoms with Crippen molar-refractivity contribution in [3.05, 3.63) is 0 Å². The molecule has 1 aliphatic rings. The summed E-state index contributed by atoms with van der Waals surface area (Å²) in [6.07, 6.45) is 5.38. The van der Waals surface area contributed by atoms with Gasteiger partial charge >= 0.3 is 5.97 Å². The number of nitrogens with zero attached hydrogens (tertiary/aromatic N) is 1. The Balaban J connectivity index is 2.74. The summed E-state index contributed by atoms with van der Waals surface area (Å²) < 4.78 is 0. The molecule has 1 heterocycles. The minimum atomic E-state index is -1.06. The number of hydrogen-bond acceptors (Lipinski definition) is 3. The highest BCUT2D eigenvalue weighted by Gasteiger charge is 2.35. The SMILES string of the molecule is C#CC[C@@H](C(=O)O)N1CC(S)CC1=O. The van der Waals surface area contributed by atoms with Gasteiger partial charge in [-0.2, -0.15) is 12.6 Å². The summed E-state index contributed by atoms with van der Waals surface area (Å²) in [5.74, 6) is 1.02. The Morgan fingerprint density at radius 2 is 2.50 bits per heavy atom. The van der Waals surface area contributed by atoms with Crippen LogP contribution in [0.15, 0.2) is 0 Å². The minimum Gasteiger partial charge on any atom is -0.480 e. The topological polar surface area (TPSA) is 57.6 Å². The number of hydrogen-bond donors (Lipinski definition) is 2. The van der Waals surface area contributed by atoms with Crippen LogP contribution in [0.5, 0.6) is 0 Å². The van der Waals surface area contributed by atoms with Gasteiger partial charge in [0.25, 0.3) is 0 Å². The van der Waals surface area contributed by atoms with E-state index in [1.54, 1.807) is 0 Å². The molecule has 1 saturated heterocycles. The molecule has 0 aromatic rings. The highest BCUT2D eigenvalue weighted by atomic mass is 32.1. The smallest absolute Gasteiger partial charge is 0.327 e. The van der Waals surface area contributed by atoms with Crippen molar-refractivity contribution in [1.29, 1.82) is 0 Å². The number of amides is 1. The molecule has 1 rings (SSSR count). The molecule has 0 aliphatic carbocycles. The normalized spacial score (nSPS) is 23.3. The second-order valence-electron chi connectivity index (χ2n) is 3.17. The van der Waals surface area contributed by atoms with Crippen molar-refractivity contribution in [2.24, 2.45) is 0 Å². The zero-order valence-electron chi connectivity index (χ0n) is 7.51. The molecule has 14 heavy (non-hydrogen) atoms. The Labute approximate surface area is 87.7 Å². The molecule has 1 fully saturated rings. The average molecular weight is 213 g/mol. The van der Waals surface area contributed by atoms with Crippen molar-refractivity contribution in [1.82, 2.24) is 4.90 Å². The second-order valence-corrected chi connectivity index (χ2v) is 3.90. The number of rotatable bonds is 3. The largest absolute Gasteiger partial charge is 0.480 e. The predicted octanol–water partition coefficient (Wildman–Crippen LogP) is -0.00640. The first-order valence-corrected chi connectivity index (χ1v) is 4.71. The van der Waals surface area contributed by atoms with Crippen LogP contribution in [0.25, 0.3) is 0 Å². The van der Waals surface area contributed by atoms with Crippen molar-refractivity contribution in [2.45, 2.75) is 24.1 Å². The molecule has 5 heteroatoms. The minimum absolute atomic E-state index is 0.0432. The fraction of sp³-hybridized carbons (Fsp3) is 0.556. The van der Waals surface area contributed by atoms with Crippen molar-refractivity contribution >= 4 is 24.5 Å². The maximum Gasteiger partial charge on any atom is 0.327 e. The lowest BCUT2D eigenvalue weighted by Gasteiger charge is -2.22. The van der Waals surface area contributed by atoms with E-state index in [9.17, 15) is 9.59 Å². The summed E-state index contributed by atoms with van der Waals surface area (Å²) in [6, 6.07) is -0.898. The zero-order chi connectivity index (χ0) is 10.7. The van der Waals surface area contributed by atoms with Crippen molar-refractivity contribution in [3.8, 4) is 12.3 Å². The fourth-order valence-corrected chi connectivity index (χ4v) is 1.79. The van der Waals surface area contributed by atoms with Crippen LogP contribution in [-0.4, -0.2) is 39.7 Å². The summed E-state index contributed by atoms with van der Waals surface area (Å²) in [5.41, 5.74) is 0. The predicted molar refractivity (Wildman–Crippen MR) is 54.0 cm³/mol. The zero-order valence-corrected chi connectivity index (χ0v) is 8.41. The quantitative estimate of drug-likeness (QED) is 0.512. The van der Waals surface area contributed by atoms with Gasteiger partial charge in [-0.3, -0.25) is 4.79 Å². The van der Waals surface area contributed by atoms with E-state index in [1.807, 2.05) is 0 Å². The van der Waals surface area contributed by atoms with Gasteiger partial charge in [-0.15, -0.1) is 12.3 Å². The first-order chi connectivity index (χ1) is 6.56. The van der Waals surface area contributed by atoms with Crippen LogP contribution >= 0.6 is 12.6 Å². The molecule has 0 aromatic heterocycles. The summed E-state index contributed by atoms with van der Waals surface area (Å²) in [5, 5.41) is 8.77. The molecular formula is C9H11NO3S. The third-order valence-corrected chi connectivity index (χ3v) is 2.46. The number of carboxylic acid groups (broad SMARTS) is 1. The van der Waals surface area contributed by atoms with Crippen LogP contribution in [0.4, 0.5) is 0 Å². The van der Waals surface area contributed by atoms with Gasteiger partial charge in [-0.25, -0.2) is 4.79 Å². The Morgan fingerprint density at radius 3 is 2.86 bits per heavy atom. The molecular weight excluding hydrogens is 202 g/mol. The van der Waals surface area contributed by atoms with E-state index in [-0.39, 0.29) is 24.0 Å². The maximum absolute atomic E-state index is 11.4. The molecule has 1 unspecified atom stereocenters. The molecule has 0 bridgehead atoms. The fourth-order valence-electron chi connectivity index (χ4n) is 1.46. The van der Waals surface area contributed by atoms with Crippen LogP contribution in [0.2, 0.25) is 0 Å². The third-order valence-electron chi connectivity index (χ3n) is 2.11. The molecule has 0 saturated carbocycles. The Hall–Kier alpha value is -1.15. The average Bonchev–Trinajstić information content (AvgIpc) is 2.40. The number of carbonyl (C=O) groups is 2. The molecule has 1 aliphatic heterocycles. The maximum atomic E-state index is 11.4. The number of thiol groups is 1. The second kappa shape index (κ2) is 4.38. The van der Waals surface area contributed by atoms with Crippen molar-refractivity contribution in [2.75, 3.05) is 6.54 Å². The van der Waals surface area contributed by atoms with Gasteiger partial charge in [0.15, 0.2) is 0 Å². The van der Waals surface area contributed by atoms with Gasteiger partial charge in [0.05, 0.1) is 0 Å². The molecule has 1 N–H and O–H groups in total. The molecule has 76 valence electrons. The third kappa shape index (κ3) is 2.20. The van der Waals surface area contributed by atoms with Crippen LogP contribution in [-0.2, 0) is 9.59 Å². The highest BCUT2D eigenvalue weighted by Crippen LogP contribution is 2.19. The van der Waals surface area contributed by atoms with Gasteiger partial charge in [-0.05, 0) is 0 Å². The van der Waals surface area contributed by atoms with E-state index < -0.39 is 12.0 Å². The van der Waals surface area contributed by atoms with Crippen LogP contribution in [0, 0.1) is 12.3 Å². The summed E-state index contributed by atoms with van der Waals surface area (Å²) in [7, 11) is 0. The van der Waals surface area contributed by atoms with Gasteiger partial charge in [0, 0.05) is 24.6 Å². The molecule has 1 amide bonds. The van der Waals surface area contributed by atoms with Gasteiger partial charge in [0.1, 0.15) is 6.04 Å². The number of aliphatic carboxylic acids is 1. The number of likely N-dealkylation sites (tertiary alicyclic amines) is 1. The van der Waals surface area contributed by atoms with Crippen LogP contribution in [0.3, 0.4) is 0 Å². The van der Waals surface area contributed by atoms with Crippen molar-refractivity contribution < 1.29 is 14.7 Å². The van der Waals surface area contributed by atoms with Gasteiger partial charge < -0.3 is 10.0 Å². The molecule has 4 nitrogen and oxygen atoms in total. The lowest BCUT2D eigenvalue weighted by atomic mass is 10.2. The van der Waals surface area contributed by atoms with E-state index in [0.717, 1.165) is 0 Å². The number of carbonyl (C=O) groups excluding carboxylic acids is 1. The van der Waals surface area contributed by atoms with Gasteiger partial charge in [0.2, 0.25) is 5.91 Å². The van der Waals surface area contributed by atoms with Gasteiger partial charge in [-0.1, -0.05) is 0 Å². The summed E-state index contributed by atoms with van der Waals surface area (Å²) >= 11 is 4.14. The number of carboxylic acids is 1. The van der Waals surface area contributed by atoms with E-state index in [0.29, 0.717) is 6.54 Å². The highest BCUT2D eigenvalue weighted by molar-refractivity contribution is 7.81.